The molecule has 1 aromatic rings. The molecule has 108 valence electrons. The van der Waals surface area contributed by atoms with Crippen LogP contribution in [0.5, 0.6) is 5.88 Å². The lowest BCUT2D eigenvalue weighted by Gasteiger charge is -2.47. The Labute approximate surface area is 123 Å². The lowest BCUT2D eigenvalue weighted by molar-refractivity contribution is -0.136. The van der Waals surface area contributed by atoms with E-state index in [9.17, 15) is 4.79 Å². The van der Waals surface area contributed by atoms with Gasteiger partial charge in [0.15, 0.2) is 0 Å². The summed E-state index contributed by atoms with van der Waals surface area (Å²) >= 11 is 1.95. The van der Waals surface area contributed by atoms with Crippen molar-refractivity contribution in [2.75, 3.05) is 18.8 Å². The molecule has 0 saturated carbocycles. The molecule has 2 aliphatic rings. The molecule has 3 rings (SSSR count). The number of aromatic nitrogens is 1. The molecule has 1 amide bonds. The number of hydrogen-bond acceptors (Lipinski definition) is 4. The summed E-state index contributed by atoms with van der Waals surface area (Å²) in [6.07, 6.45) is 4.60. The highest BCUT2D eigenvalue weighted by atomic mass is 32.2. The summed E-state index contributed by atoms with van der Waals surface area (Å²) in [6, 6.07) is 5.73. The van der Waals surface area contributed by atoms with Crippen molar-refractivity contribution in [2.24, 2.45) is 0 Å². The predicted octanol–water partition coefficient (Wildman–Crippen LogP) is 2.35. The Morgan fingerprint density at radius 2 is 2.40 bits per heavy atom. The molecular weight excluding hydrogens is 272 g/mol. The number of hydrogen-bond donors (Lipinski definition) is 0. The second-order valence-corrected chi connectivity index (χ2v) is 7.09. The van der Waals surface area contributed by atoms with Crippen molar-refractivity contribution in [3.05, 3.63) is 24.4 Å². The lowest BCUT2D eigenvalue weighted by atomic mass is 9.92. The van der Waals surface area contributed by atoms with Crippen LogP contribution in [0.1, 0.15) is 26.2 Å². The van der Waals surface area contributed by atoms with Crippen molar-refractivity contribution in [2.45, 2.75) is 37.0 Å². The van der Waals surface area contributed by atoms with Gasteiger partial charge in [-0.05, 0) is 12.5 Å². The maximum atomic E-state index is 11.8. The van der Waals surface area contributed by atoms with Crippen LogP contribution in [-0.4, -0.2) is 45.5 Å². The minimum absolute atomic E-state index is 0.221. The fraction of sp³-hybridized carbons (Fsp3) is 0.600. The summed E-state index contributed by atoms with van der Waals surface area (Å²) in [5, 5.41) is 0. The largest absolute Gasteiger partial charge is 0.473 e. The third-order valence-electron chi connectivity index (χ3n) is 3.87. The van der Waals surface area contributed by atoms with Crippen molar-refractivity contribution in [3.63, 3.8) is 0 Å². The van der Waals surface area contributed by atoms with E-state index in [1.165, 1.54) is 0 Å². The van der Waals surface area contributed by atoms with Crippen LogP contribution in [0.15, 0.2) is 24.4 Å². The van der Waals surface area contributed by atoms with E-state index in [4.69, 9.17) is 4.74 Å². The first-order valence-corrected chi connectivity index (χ1v) is 8.19. The Bertz CT molecular complexity index is 474. The van der Waals surface area contributed by atoms with Gasteiger partial charge in [0.1, 0.15) is 6.10 Å². The molecule has 1 atom stereocenters. The topological polar surface area (TPSA) is 42.4 Å². The highest BCUT2D eigenvalue weighted by Gasteiger charge is 2.51. The molecule has 5 heteroatoms. The van der Waals surface area contributed by atoms with E-state index in [0.717, 1.165) is 31.7 Å². The number of ether oxygens (including phenoxy) is 1. The fourth-order valence-electron chi connectivity index (χ4n) is 2.88. The molecule has 2 aliphatic heterocycles. The van der Waals surface area contributed by atoms with Crippen LogP contribution in [0.25, 0.3) is 0 Å². The monoisotopic (exact) mass is 292 g/mol. The number of carbonyl (C=O) groups is 1. The van der Waals surface area contributed by atoms with Crippen molar-refractivity contribution in [1.29, 1.82) is 0 Å². The maximum absolute atomic E-state index is 11.8. The maximum Gasteiger partial charge on any atom is 0.222 e. The lowest BCUT2D eigenvalue weighted by Crippen LogP contribution is -2.60. The summed E-state index contributed by atoms with van der Waals surface area (Å²) in [4.78, 5) is 18.0. The zero-order valence-electron chi connectivity index (χ0n) is 11.7. The summed E-state index contributed by atoms with van der Waals surface area (Å²) in [5.41, 5.74) is 0. The number of carbonyl (C=O) groups excluding carboxylic acids is 1. The molecule has 0 N–H and O–H groups in total. The standard InChI is InChI=1S/C15H20N2O2S/c1-2-5-14(18)17-10-15(11-17)8-12(9-20-15)19-13-6-3-4-7-16-13/h3-4,6-7,12H,2,5,8-11H2,1H3/t12-/m1/s1. The zero-order chi connectivity index (χ0) is 14.0. The van der Waals surface area contributed by atoms with E-state index in [2.05, 4.69) is 11.9 Å². The molecule has 1 aromatic heterocycles. The van der Waals surface area contributed by atoms with Crippen LogP contribution in [0, 0.1) is 0 Å². The minimum Gasteiger partial charge on any atom is -0.473 e. The van der Waals surface area contributed by atoms with Gasteiger partial charge in [-0.1, -0.05) is 13.0 Å². The quantitative estimate of drug-likeness (QED) is 0.854. The molecule has 1 spiro atoms. The third kappa shape index (κ3) is 2.77. The van der Waals surface area contributed by atoms with E-state index in [1.54, 1.807) is 6.20 Å². The zero-order valence-corrected chi connectivity index (χ0v) is 12.6. The van der Waals surface area contributed by atoms with E-state index in [0.29, 0.717) is 18.2 Å². The first-order valence-electron chi connectivity index (χ1n) is 7.20. The Morgan fingerprint density at radius 3 is 3.10 bits per heavy atom. The highest BCUT2D eigenvalue weighted by molar-refractivity contribution is 8.01. The Morgan fingerprint density at radius 1 is 1.55 bits per heavy atom. The number of thioether (sulfide) groups is 1. The predicted molar refractivity (Wildman–Crippen MR) is 79.9 cm³/mol. The Hall–Kier alpha value is -1.23. The average Bonchev–Trinajstić information content (AvgIpc) is 2.83. The summed E-state index contributed by atoms with van der Waals surface area (Å²) in [7, 11) is 0. The average molecular weight is 292 g/mol. The molecule has 0 aromatic carbocycles. The van der Waals surface area contributed by atoms with Gasteiger partial charge in [-0.25, -0.2) is 4.98 Å². The molecule has 0 aliphatic carbocycles. The van der Waals surface area contributed by atoms with Crippen molar-refractivity contribution in [1.82, 2.24) is 9.88 Å². The van der Waals surface area contributed by atoms with Gasteiger partial charge in [0.2, 0.25) is 11.8 Å². The third-order valence-corrected chi connectivity index (χ3v) is 5.45. The van der Waals surface area contributed by atoms with Gasteiger partial charge in [0.05, 0.1) is 4.75 Å². The van der Waals surface area contributed by atoms with Gasteiger partial charge in [-0.3, -0.25) is 4.79 Å². The van der Waals surface area contributed by atoms with Crippen molar-refractivity contribution < 1.29 is 9.53 Å². The van der Waals surface area contributed by atoms with E-state index < -0.39 is 0 Å². The smallest absolute Gasteiger partial charge is 0.222 e. The van der Waals surface area contributed by atoms with E-state index in [1.807, 2.05) is 34.9 Å². The van der Waals surface area contributed by atoms with Crippen molar-refractivity contribution in [3.8, 4) is 5.88 Å². The number of likely N-dealkylation sites (tertiary alicyclic amines) is 1. The highest BCUT2D eigenvalue weighted by Crippen LogP contribution is 2.46. The minimum atomic E-state index is 0.221. The molecule has 2 saturated heterocycles. The molecule has 4 nitrogen and oxygen atoms in total. The molecule has 0 unspecified atom stereocenters. The second-order valence-electron chi connectivity index (χ2n) is 5.61. The molecule has 20 heavy (non-hydrogen) atoms. The van der Waals surface area contributed by atoms with Gasteiger partial charge in [0, 0.05) is 43.9 Å². The van der Waals surface area contributed by atoms with Crippen LogP contribution >= 0.6 is 11.8 Å². The summed E-state index contributed by atoms with van der Waals surface area (Å²) in [6.45, 7) is 3.83. The van der Waals surface area contributed by atoms with Crippen LogP contribution in [0.2, 0.25) is 0 Å². The Kier molecular flexibility index (Phi) is 3.87. The van der Waals surface area contributed by atoms with Gasteiger partial charge in [-0.2, -0.15) is 0 Å². The van der Waals surface area contributed by atoms with Gasteiger partial charge in [-0.15, -0.1) is 11.8 Å². The first kappa shape index (κ1) is 13.7. The van der Waals surface area contributed by atoms with Crippen molar-refractivity contribution >= 4 is 17.7 Å². The van der Waals surface area contributed by atoms with Crippen LogP contribution in [-0.2, 0) is 4.79 Å². The molecular formula is C15H20N2O2S. The van der Waals surface area contributed by atoms with E-state index >= 15 is 0 Å². The van der Waals surface area contributed by atoms with Crippen LogP contribution in [0.3, 0.4) is 0 Å². The molecule has 2 fully saturated rings. The van der Waals surface area contributed by atoms with Crippen LogP contribution in [0.4, 0.5) is 0 Å². The molecule has 0 bridgehead atoms. The molecule has 3 heterocycles. The summed E-state index contributed by atoms with van der Waals surface area (Å²) < 4.78 is 6.15. The summed E-state index contributed by atoms with van der Waals surface area (Å²) in [5.74, 6) is 1.99. The SMILES string of the molecule is CCCC(=O)N1CC2(C[C@@H](Oc3ccccn3)CS2)C1. The van der Waals surface area contributed by atoms with E-state index in [-0.39, 0.29) is 10.9 Å². The Balaban J connectivity index is 1.50. The van der Waals surface area contributed by atoms with Gasteiger partial charge < -0.3 is 9.64 Å². The normalized spacial score (nSPS) is 23.6. The molecule has 0 radical (unpaired) electrons. The fourth-order valence-corrected chi connectivity index (χ4v) is 4.41. The van der Waals surface area contributed by atoms with Crippen LogP contribution < -0.4 is 4.74 Å². The number of nitrogens with zero attached hydrogens (tertiary/aromatic N) is 2. The number of pyridine rings is 1. The second kappa shape index (κ2) is 5.64. The van der Waals surface area contributed by atoms with Gasteiger partial charge in [0.25, 0.3) is 0 Å². The number of rotatable bonds is 4. The first-order chi connectivity index (χ1) is 9.71. The number of amides is 1. The van der Waals surface area contributed by atoms with Gasteiger partial charge >= 0.3 is 0 Å².